The minimum absolute atomic E-state index is 0.142. The zero-order valence-corrected chi connectivity index (χ0v) is 35.9. The summed E-state index contributed by atoms with van der Waals surface area (Å²) in [5.41, 5.74) is 1.16. The normalized spacial score (nSPS) is 22.9. The van der Waals surface area contributed by atoms with E-state index in [1.807, 2.05) is 90.1 Å². The zero-order valence-electron chi connectivity index (χ0n) is 35.9. The lowest BCUT2D eigenvalue weighted by Gasteiger charge is -2.36. The Hall–Kier alpha value is -5.80. The van der Waals surface area contributed by atoms with E-state index < -0.39 is 70.3 Å². The molecule has 4 N–H and O–H groups in total. The molecule has 16 heteroatoms. The van der Waals surface area contributed by atoms with E-state index in [1.54, 1.807) is 26.2 Å². The minimum Gasteiger partial charge on any atom is -0.453 e. The van der Waals surface area contributed by atoms with Crippen LogP contribution in [0, 0.1) is 10.8 Å². The highest BCUT2D eigenvalue weighted by Crippen LogP contribution is 2.39. The number of nitrogens with one attached hydrogen (secondary N) is 4. The number of benzene rings is 2. The number of carbonyl (C=O) groups excluding carboxylic acids is 4. The summed E-state index contributed by atoms with van der Waals surface area (Å²) < 4.78 is 38.7. The lowest BCUT2D eigenvalue weighted by molar-refractivity contribution is -0.132. The first-order valence-corrected chi connectivity index (χ1v) is 20.0. The summed E-state index contributed by atoms with van der Waals surface area (Å²) in [6.45, 7) is 14.4. The molecule has 0 bridgehead atoms. The maximum Gasteiger partial charge on any atom is 0.410 e. The van der Waals surface area contributed by atoms with Crippen molar-refractivity contribution in [3.05, 3.63) is 72.6 Å². The molecule has 322 valence electrons. The average molecular weight is 831 g/mol. The van der Waals surface area contributed by atoms with Crippen molar-refractivity contribution in [2.24, 2.45) is 10.8 Å². The number of methoxy groups -OCH3 is 2. The molecule has 0 saturated carbocycles. The number of amides is 4. The van der Waals surface area contributed by atoms with Gasteiger partial charge in [-0.3, -0.25) is 19.4 Å². The SMILES string of the molecule is COC(=O)N1C[C@H](F)CC1(C)C(=O)N[C@H](c1nc(-c2ccc(-c3ccc(-c4c[nH]c([C@@H](NC(=O)[C@]5(C)C[C@@H](F)CN5C(=O)OC)C(C)(C)C)n4)cc3)cc2)c[nH]1)C(C)(C)C. The minimum atomic E-state index is -1.43. The van der Waals surface area contributed by atoms with Gasteiger partial charge in [-0.2, -0.15) is 0 Å². The number of rotatable bonds is 9. The third-order valence-electron chi connectivity index (χ3n) is 11.7. The van der Waals surface area contributed by atoms with Crippen molar-refractivity contribution in [2.45, 2.75) is 104 Å². The number of hydrogen-bond acceptors (Lipinski definition) is 8. The van der Waals surface area contributed by atoms with Gasteiger partial charge in [0.25, 0.3) is 0 Å². The summed E-state index contributed by atoms with van der Waals surface area (Å²) in [5.74, 6) is 0.0620. The Balaban J connectivity index is 1.15. The van der Waals surface area contributed by atoms with Crippen molar-refractivity contribution in [1.29, 1.82) is 0 Å². The number of ether oxygens (including phenoxy) is 2. The monoisotopic (exact) mass is 830 g/mol. The Kier molecular flexibility index (Phi) is 11.9. The Morgan fingerprint density at radius 1 is 0.650 bits per heavy atom. The Bertz CT molecular complexity index is 2060. The molecule has 2 fully saturated rings. The lowest BCUT2D eigenvalue weighted by atomic mass is 9.85. The number of imidazole rings is 2. The van der Waals surface area contributed by atoms with Crippen molar-refractivity contribution < 1.29 is 37.4 Å². The van der Waals surface area contributed by atoms with Crippen LogP contribution in [0.4, 0.5) is 18.4 Å². The number of nitrogens with zero attached hydrogens (tertiary/aromatic N) is 4. The van der Waals surface area contributed by atoms with Crippen LogP contribution in [-0.4, -0.2) is 104 Å². The van der Waals surface area contributed by atoms with Gasteiger partial charge in [-0.15, -0.1) is 0 Å². The third kappa shape index (κ3) is 8.59. The second-order valence-electron chi connectivity index (χ2n) is 18.4. The maximum atomic E-state index is 14.5. The number of likely N-dealkylation sites (tertiary alicyclic amines) is 2. The van der Waals surface area contributed by atoms with Crippen LogP contribution in [0.5, 0.6) is 0 Å². The summed E-state index contributed by atoms with van der Waals surface area (Å²) >= 11 is 0. The third-order valence-corrected chi connectivity index (χ3v) is 11.7. The molecule has 6 rings (SSSR count). The smallest absolute Gasteiger partial charge is 0.410 e. The van der Waals surface area contributed by atoms with Gasteiger partial charge in [0.2, 0.25) is 11.8 Å². The molecule has 2 aromatic carbocycles. The number of carbonyl (C=O) groups is 4. The lowest BCUT2D eigenvalue weighted by Crippen LogP contribution is -2.57. The van der Waals surface area contributed by atoms with Gasteiger partial charge >= 0.3 is 12.2 Å². The number of hydrogen-bond donors (Lipinski definition) is 4. The first-order chi connectivity index (χ1) is 28.1. The van der Waals surface area contributed by atoms with Crippen LogP contribution >= 0.6 is 0 Å². The van der Waals surface area contributed by atoms with E-state index in [1.165, 1.54) is 14.2 Å². The van der Waals surface area contributed by atoms with Crippen LogP contribution < -0.4 is 10.6 Å². The van der Waals surface area contributed by atoms with Crippen LogP contribution in [0.3, 0.4) is 0 Å². The molecule has 1 unspecified atom stereocenters. The van der Waals surface area contributed by atoms with Crippen molar-refractivity contribution >= 4 is 24.0 Å². The van der Waals surface area contributed by atoms with Gasteiger partial charge in [0.1, 0.15) is 35.1 Å². The molecule has 2 aliphatic heterocycles. The zero-order chi connectivity index (χ0) is 43.9. The molecule has 4 amide bonds. The Labute approximate surface area is 349 Å². The molecule has 0 spiro atoms. The van der Waals surface area contributed by atoms with Gasteiger partial charge in [-0.25, -0.2) is 28.3 Å². The van der Waals surface area contributed by atoms with Crippen molar-refractivity contribution in [2.75, 3.05) is 27.3 Å². The molecule has 6 atom stereocenters. The molecular weight excluding hydrogens is 775 g/mol. The topological polar surface area (TPSA) is 175 Å². The van der Waals surface area contributed by atoms with Crippen molar-refractivity contribution in [3.8, 4) is 33.6 Å². The largest absolute Gasteiger partial charge is 0.453 e. The van der Waals surface area contributed by atoms with E-state index >= 15 is 0 Å². The fourth-order valence-electron chi connectivity index (χ4n) is 8.11. The standard InChI is InChI=1S/C44H56F2N8O6/c1-41(2,3)33(51-37(55)43(7)19-29(45)23-53(43)39(57)59-9)35-47-21-31(49-35)27-15-11-25(12-16-27)26-13-17-28(18-14-26)32-22-48-36(50-32)34(42(4,5)6)52-38(56)44(8)20-30(46)24-54(44)40(58)60-10/h11-18,21-22,29-30,33-34H,19-20,23-24H2,1-10H3,(H,47,49)(H,48,50)(H,51,55)(H,52,56)/t29-,30-,33-,34-,43+,44?/m1/s1. The van der Waals surface area contributed by atoms with E-state index in [0.29, 0.717) is 23.0 Å². The predicted molar refractivity (Wildman–Crippen MR) is 222 cm³/mol. The quantitative estimate of drug-likeness (QED) is 0.133. The van der Waals surface area contributed by atoms with Crippen molar-refractivity contribution in [3.63, 3.8) is 0 Å². The number of aromatic nitrogens is 4. The van der Waals surface area contributed by atoms with Crippen LogP contribution in [0.15, 0.2) is 60.9 Å². The Morgan fingerprint density at radius 3 is 1.27 bits per heavy atom. The molecule has 2 saturated heterocycles. The van der Waals surface area contributed by atoms with Crippen LogP contribution in [0.2, 0.25) is 0 Å². The van der Waals surface area contributed by atoms with E-state index in [4.69, 9.17) is 19.4 Å². The van der Waals surface area contributed by atoms with Gasteiger partial charge in [0, 0.05) is 36.4 Å². The molecule has 4 aromatic rings. The predicted octanol–water partition coefficient (Wildman–Crippen LogP) is 7.68. The van der Waals surface area contributed by atoms with E-state index in [2.05, 4.69) is 20.6 Å². The molecule has 0 aliphatic carbocycles. The summed E-state index contributed by atoms with van der Waals surface area (Å²) in [5, 5.41) is 6.08. The number of aromatic amines is 2. The molecule has 2 aliphatic rings. The van der Waals surface area contributed by atoms with Gasteiger partial charge in [-0.05, 0) is 35.8 Å². The summed E-state index contributed by atoms with van der Waals surface area (Å²) in [6.07, 6.45) is -0.954. The summed E-state index contributed by atoms with van der Waals surface area (Å²) in [4.78, 5) is 70.7. The second-order valence-corrected chi connectivity index (χ2v) is 18.4. The maximum absolute atomic E-state index is 14.5. The molecular formula is C44H56F2N8O6. The van der Waals surface area contributed by atoms with Gasteiger partial charge in [-0.1, -0.05) is 90.1 Å². The average Bonchev–Trinajstić information content (AvgIpc) is 4.00. The molecule has 4 heterocycles. The summed E-state index contributed by atoms with van der Waals surface area (Å²) in [7, 11) is 2.41. The first-order valence-electron chi connectivity index (χ1n) is 20.0. The van der Waals surface area contributed by atoms with E-state index in [-0.39, 0.29) is 25.9 Å². The molecule has 14 nitrogen and oxygen atoms in total. The van der Waals surface area contributed by atoms with Crippen molar-refractivity contribution in [1.82, 2.24) is 40.4 Å². The van der Waals surface area contributed by atoms with Crippen LogP contribution in [0.1, 0.15) is 92.0 Å². The number of halogens is 2. The highest BCUT2D eigenvalue weighted by atomic mass is 19.1. The van der Waals surface area contributed by atoms with Gasteiger partial charge in [0.15, 0.2) is 0 Å². The van der Waals surface area contributed by atoms with Crippen LogP contribution in [0.25, 0.3) is 33.6 Å². The highest BCUT2D eigenvalue weighted by molar-refractivity contribution is 5.91. The second kappa shape index (κ2) is 16.3. The number of alkyl halides is 2. The molecule has 2 aromatic heterocycles. The number of H-pyrrole nitrogens is 2. The first kappa shape index (κ1) is 43.8. The van der Waals surface area contributed by atoms with Crippen LogP contribution in [-0.2, 0) is 19.1 Å². The van der Waals surface area contributed by atoms with Gasteiger partial charge < -0.3 is 30.1 Å². The van der Waals surface area contributed by atoms with E-state index in [0.717, 1.165) is 32.1 Å². The fourth-order valence-corrected chi connectivity index (χ4v) is 8.11. The fraction of sp³-hybridized carbons (Fsp3) is 0.500. The van der Waals surface area contributed by atoms with Gasteiger partial charge in [0.05, 0.1) is 50.8 Å². The Morgan fingerprint density at radius 2 is 0.967 bits per heavy atom. The van der Waals surface area contributed by atoms with E-state index in [9.17, 15) is 28.0 Å². The molecule has 0 radical (unpaired) electrons. The summed E-state index contributed by atoms with van der Waals surface area (Å²) in [6, 6.07) is 14.7. The molecule has 60 heavy (non-hydrogen) atoms. The highest BCUT2D eigenvalue weighted by Gasteiger charge is 2.53.